The molecular formula is C23H21N3O2. The smallest absolute Gasteiger partial charge is 0.274 e. The number of carbonyl (C=O) groups is 2. The average Bonchev–Trinajstić information content (AvgIpc) is 2.74. The number of anilines is 2. The van der Waals surface area contributed by atoms with Crippen LogP contribution in [-0.4, -0.2) is 17.9 Å². The van der Waals surface area contributed by atoms with E-state index in [0.717, 1.165) is 17.4 Å². The van der Waals surface area contributed by atoms with Crippen LogP contribution in [0.1, 0.15) is 27.0 Å². The number of carbonyl (C=O) groups excluding carboxylic acids is 2. The van der Waals surface area contributed by atoms with Crippen molar-refractivity contribution in [2.24, 2.45) is 0 Å². The molecule has 5 heteroatoms. The monoisotopic (exact) mass is 371 g/mol. The zero-order chi connectivity index (χ0) is 19.9. The Morgan fingerprint density at radius 1 is 0.964 bits per heavy atom. The summed E-state index contributed by atoms with van der Waals surface area (Å²) in [4.78, 5) is 23.2. The second kappa shape index (κ2) is 8.77. The van der Waals surface area contributed by atoms with Crippen LogP contribution in [0, 0.1) is 12.3 Å². The molecule has 0 aliphatic carbocycles. The van der Waals surface area contributed by atoms with Gasteiger partial charge < -0.3 is 10.6 Å². The van der Waals surface area contributed by atoms with Crippen LogP contribution >= 0.6 is 0 Å². The van der Waals surface area contributed by atoms with Crippen LogP contribution in [-0.2, 0) is 11.3 Å². The summed E-state index contributed by atoms with van der Waals surface area (Å²) >= 11 is 0. The predicted molar refractivity (Wildman–Crippen MR) is 112 cm³/mol. The van der Waals surface area contributed by atoms with Gasteiger partial charge in [-0.2, -0.15) is 0 Å². The molecule has 0 aliphatic rings. The summed E-state index contributed by atoms with van der Waals surface area (Å²) in [6.45, 7) is 2.49. The lowest BCUT2D eigenvalue weighted by Gasteiger charge is -2.13. The summed E-state index contributed by atoms with van der Waals surface area (Å²) in [5, 5.41) is 14.3. The van der Waals surface area contributed by atoms with Gasteiger partial charge in [-0.15, -0.1) is 0 Å². The van der Waals surface area contributed by atoms with E-state index in [2.05, 4.69) is 10.6 Å². The lowest BCUT2D eigenvalue weighted by Crippen LogP contribution is -2.24. The molecule has 3 N–H and O–H groups in total. The number of para-hydroxylation sites is 1. The molecule has 0 heterocycles. The Labute approximate surface area is 163 Å². The molecule has 1 amide bonds. The van der Waals surface area contributed by atoms with Gasteiger partial charge in [-0.3, -0.25) is 15.0 Å². The van der Waals surface area contributed by atoms with Crippen molar-refractivity contribution >= 4 is 29.3 Å². The van der Waals surface area contributed by atoms with E-state index >= 15 is 0 Å². The zero-order valence-corrected chi connectivity index (χ0v) is 15.5. The lowest BCUT2D eigenvalue weighted by molar-refractivity contribution is -0.110. The van der Waals surface area contributed by atoms with Crippen LogP contribution in [0.2, 0.25) is 0 Å². The number of nitrogens with one attached hydrogen (secondary N) is 3. The quantitative estimate of drug-likeness (QED) is 0.424. The molecule has 5 nitrogen and oxygen atoms in total. The van der Waals surface area contributed by atoms with Crippen molar-refractivity contribution in [2.45, 2.75) is 13.5 Å². The van der Waals surface area contributed by atoms with Crippen molar-refractivity contribution in [3.05, 3.63) is 95.1 Å². The Morgan fingerprint density at radius 3 is 2.32 bits per heavy atom. The fourth-order valence-corrected chi connectivity index (χ4v) is 2.72. The molecule has 0 aromatic heterocycles. The van der Waals surface area contributed by atoms with Gasteiger partial charge >= 0.3 is 0 Å². The van der Waals surface area contributed by atoms with Gasteiger partial charge in [-0.05, 0) is 30.7 Å². The van der Waals surface area contributed by atoms with Crippen LogP contribution in [0.25, 0.3) is 0 Å². The van der Waals surface area contributed by atoms with E-state index in [0.29, 0.717) is 29.0 Å². The molecule has 0 saturated carbocycles. The molecule has 3 aromatic carbocycles. The number of aryl methyl sites for hydroxylation is 1. The predicted octanol–water partition coefficient (Wildman–Crippen LogP) is 4.43. The fraction of sp³-hybridized carbons (Fsp3) is 0.0870. The molecular weight excluding hydrogens is 350 g/mol. The molecule has 0 unspecified atom stereocenters. The molecule has 3 aromatic rings. The van der Waals surface area contributed by atoms with Gasteiger partial charge in [0.25, 0.3) is 5.91 Å². The largest absolute Gasteiger partial charge is 0.380 e. The Morgan fingerprint density at radius 2 is 1.64 bits per heavy atom. The van der Waals surface area contributed by atoms with E-state index in [-0.39, 0.29) is 5.71 Å². The molecule has 0 atom stereocenters. The van der Waals surface area contributed by atoms with Crippen molar-refractivity contribution in [3.63, 3.8) is 0 Å². The highest BCUT2D eigenvalue weighted by Crippen LogP contribution is 2.18. The SMILES string of the molecule is Cc1ccc(NC(=O)C(=N)c2ccccc2NCc2ccc(C=O)cc2)cc1. The first-order chi connectivity index (χ1) is 13.6. The zero-order valence-electron chi connectivity index (χ0n) is 15.5. The normalized spacial score (nSPS) is 10.2. The van der Waals surface area contributed by atoms with Crippen molar-refractivity contribution in [3.8, 4) is 0 Å². The van der Waals surface area contributed by atoms with E-state index in [1.165, 1.54) is 0 Å². The van der Waals surface area contributed by atoms with E-state index < -0.39 is 5.91 Å². The Kier molecular flexibility index (Phi) is 5.97. The van der Waals surface area contributed by atoms with Crippen molar-refractivity contribution < 1.29 is 9.59 Å². The summed E-state index contributed by atoms with van der Waals surface area (Å²) in [5.74, 6) is -0.464. The molecule has 3 rings (SSSR count). The highest BCUT2D eigenvalue weighted by molar-refractivity contribution is 6.48. The minimum atomic E-state index is -0.464. The van der Waals surface area contributed by atoms with E-state index in [1.54, 1.807) is 24.3 Å². The van der Waals surface area contributed by atoms with E-state index in [1.807, 2.05) is 55.5 Å². The molecule has 0 spiro atoms. The standard InChI is InChI=1S/C23H21N3O2/c1-16-6-12-19(13-7-16)26-23(28)22(24)20-4-2-3-5-21(20)25-14-17-8-10-18(15-27)11-9-17/h2-13,15,24-25H,14H2,1H3,(H,26,28). The molecule has 0 bridgehead atoms. The Hall–Kier alpha value is -3.73. The number of amides is 1. The molecule has 0 aliphatic heterocycles. The van der Waals surface area contributed by atoms with Gasteiger partial charge in [0, 0.05) is 29.0 Å². The Bertz CT molecular complexity index is 993. The maximum atomic E-state index is 12.5. The van der Waals surface area contributed by atoms with Crippen molar-refractivity contribution in [1.82, 2.24) is 0 Å². The lowest BCUT2D eigenvalue weighted by atomic mass is 10.1. The Balaban J connectivity index is 1.71. The third-order valence-electron chi connectivity index (χ3n) is 4.33. The van der Waals surface area contributed by atoms with Gasteiger partial charge in [0.2, 0.25) is 0 Å². The second-order valence-electron chi connectivity index (χ2n) is 6.45. The highest BCUT2D eigenvalue weighted by atomic mass is 16.1. The van der Waals surface area contributed by atoms with Crippen molar-refractivity contribution in [1.29, 1.82) is 5.41 Å². The van der Waals surface area contributed by atoms with Crippen LogP contribution in [0.5, 0.6) is 0 Å². The number of benzene rings is 3. The number of hydrogen-bond acceptors (Lipinski definition) is 4. The summed E-state index contributed by atoms with van der Waals surface area (Å²) in [5.41, 5.74) is 4.49. The van der Waals surface area contributed by atoms with Crippen LogP contribution in [0.3, 0.4) is 0 Å². The molecule has 0 radical (unpaired) electrons. The number of hydrogen-bond donors (Lipinski definition) is 3. The minimum absolute atomic E-state index is 0.111. The first kappa shape index (κ1) is 19.0. The third-order valence-corrected chi connectivity index (χ3v) is 4.33. The summed E-state index contributed by atoms with van der Waals surface area (Å²) in [6.07, 6.45) is 0.806. The topological polar surface area (TPSA) is 82.1 Å². The highest BCUT2D eigenvalue weighted by Gasteiger charge is 2.15. The number of aldehydes is 1. The van der Waals surface area contributed by atoms with Gasteiger partial charge in [-0.1, -0.05) is 60.2 Å². The maximum Gasteiger partial charge on any atom is 0.274 e. The number of rotatable bonds is 7. The van der Waals surface area contributed by atoms with Crippen LogP contribution < -0.4 is 10.6 Å². The summed E-state index contributed by atoms with van der Waals surface area (Å²) in [7, 11) is 0. The summed E-state index contributed by atoms with van der Waals surface area (Å²) < 4.78 is 0. The average molecular weight is 371 g/mol. The van der Waals surface area contributed by atoms with Crippen LogP contribution in [0.15, 0.2) is 72.8 Å². The first-order valence-corrected chi connectivity index (χ1v) is 8.91. The first-order valence-electron chi connectivity index (χ1n) is 8.91. The van der Waals surface area contributed by atoms with E-state index in [9.17, 15) is 9.59 Å². The second-order valence-corrected chi connectivity index (χ2v) is 6.45. The minimum Gasteiger partial charge on any atom is -0.380 e. The van der Waals surface area contributed by atoms with Gasteiger partial charge in [0.15, 0.2) is 0 Å². The van der Waals surface area contributed by atoms with E-state index in [4.69, 9.17) is 5.41 Å². The van der Waals surface area contributed by atoms with Gasteiger partial charge in [0.1, 0.15) is 12.0 Å². The van der Waals surface area contributed by atoms with Gasteiger partial charge in [0.05, 0.1) is 0 Å². The maximum absolute atomic E-state index is 12.5. The fourth-order valence-electron chi connectivity index (χ4n) is 2.72. The van der Waals surface area contributed by atoms with Gasteiger partial charge in [-0.25, -0.2) is 0 Å². The molecule has 0 saturated heterocycles. The molecule has 0 fully saturated rings. The molecule has 140 valence electrons. The summed E-state index contributed by atoms with van der Waals surface area (Å²) in [6, 6.07) is 21.9. The molecule has 28 heavy (non-hydrogen) atoms. The van der Waals surface area contributed by atoms with Crippen LogP contribution in [0.4, 0.5) is 11.4 Å². The van der Waals surface area contributed by atoms with Crippen molar-refractivity contribution in [2.75, 3.05) is 10.6 Å². The third kappa shape index (κ3) is 4.71.